The van der Waals surface area contributed by atoms with Crippen LogP contribution in [0.5, 0.6) is 5.75 Å². The van der Waals surface area contributed by atoms with Crippen LogP contribution in [0.25, 0.3) is 11.0 Å². The van der Waals surface area contributed by atoms with Gasteiger partial charge in [-0.1, -0.05) is 30.4 Å². The molecule has 0 spiro atoms. The Morgan fingerprint density at radius 3 is 2.85 bits per heavy atom. The number of hydrogen-bond acceptors (Lipinski definition) is 4. The second-order valence-corrected chi connectivity index (χ2v) is 5.77. The number of thiophene rings is 1. The van der Waals surface area contributed by atoms with Gasteiger partial charge in [-0.2, -0.15) is 0 Å². The molecule has 0 bridgehead atoms. The molecular weight excluding hydrogens is 290 g/mol. The average molecular weight is 303 g/mol. The van der Waals surface area contributed by atoms with Crippen molar-refractivity contribution in [1.29, 1.82) is 0 Å². The van der Waals surface area contributed by atoms with Crippen LogP contribution in [0, 0.1) is 0 Å². The Bertz CT molecular complexity index is 732. The lowest BCUT2D eigenvalue weighted by Crippen LogP contribution is -2.11. The van der Waals surface area contributed by atoms with E-state index >= 15 is 0 Å². The van der Waals surface area contributed by atoms with E-state index in [0.717, 1.165) is 17.4 Å². The minimum Gasteiger partial charge on any atom is -0.488 e. The van der Waals surface area contributed by atoms with Crippen molar-refractivity contribution in [1.82, 2.24) is 0 Å². The molecule has 0 aliphatic heterocycles. The van der Waals surface area contributed by atoms with Gasteiger partial charge in [0.25, 0.3) is 0 Å². The summed E-state index contributed by atoms with van der Waals surface area (Å²) in [6, 6.07) is 11.8. The van der Waals surface area contributed by atoms with Crippen molar-refractivity contribution in [2.75, 3.05) is 6.61 Å². The van der Waals surface area contributed by atoms with Gasteiger partial charge in [-0.15, -0.1) is 11.3 Å². The van der Waals surface area contributed by atoms with Crippen LogP contribution in [-0.2, 0) is 6.42 Å². The van der Waals surface area contributed by atoms with E-state index in [1.54, 1.807) is 11.3 Å². The molecule has 0 aliphatic rings. The summed E-state index contributed by atoms with van der Waals surface area (Å²) in [7, 11) is 0. The van der Waals surface area contributed by atoms with Gasteiger partial charge in [-0.25, -0.2) is 0 Å². The molecule has 0 amide bonds. The normalized spacial score (nSPS) is 10.8. The summed E-state index contributed by atoms with van der Waals surface area (Å²) in [6.07, 6.45) is 0.855. The number of para-hydroxylation sites is 1. The van der Waals surface area contributed by atoms with Crippen LogP contribution in [-0.4, -0.2) is 11.6 Å². The van der Waals surface area contributed by atoms with Crippen molar-refractivity contribution in [2.24, 2.45) is 5.73 Å². The van der Waals surface area contributed by atoms with Crippen molar-refractivity contribution in [3.05, 3.63) is 52.4 Å². The lowest BCUT2D eigenvalue weighted by molar-refractivity contribution is 0.321. The van der Waals surface area contributed by atoms with Gasteiger partial charge in [0.2, 0.25) is 5.76 Å². The maximum absolute atomic E-state index is 5.87. The van der Waals surface area contributed by atoms with Gasteiger partial charge in [0, 0.05) is 11.3 Å². The van der Waals surface area contributed by atoms with E-state index in [1.165, 1.54) is 4.88 Å². The lowest BCUT2D eigenvalue weighted by Gasteiger charge is -2.05. The predicted molar refractivity (Wildman–Crippen MR) is 85.6 cm³/mol. The molecule has 0 radical (unpaired) electrons. The molecule has 0 atom stereocenters. The Kier molecular flexibility index (Phi) is 3.71. The SMILES string of the molecule is NC(=S)c1oc2ccccc2c1OCCc1cccs1. The Hall–Kier alpha value is -1.85. The molecule has 3 nitrogen and oxygen atoms in total. The first-order chi connectivity index (χ1) is 9.75. The molecule has 0 fully saturated rings. The highest BCUT2D eigenvalue weighted by Crippen LogP contribution is 2.33. The van der Waals surface area contributed by atoms with E-state index in [1.807, 2.05) is 30.3 Å². The van der Waals surface area contributed by atoms with E-state index in [0.29, 0.717) is 18.1 Å². The zero-order valence-corrected chi connectivity index (χ0v) is 12.3. The molecule has 5 heteroatoms. The summed E-state index contributed by atoms with van der Waals surface area (Å²) in [4.78, 5) is 1.50. The molecule has 102 valence electrons. The third-order valence-corrected chi connectivity index (χ3v) is 4.07. The third-order valence-electron chi connectivity index (χ3n) is 2.95. The second-order valence-electron chi connectivity index (χ2n) is 4.30. The Morgan fingerprint density at radius 2 is 2.10 bits per heavy atom. The van der Waals surface area contributed by atoms with Crippen molar-refractivity contribution in [3.63, 3.8) is 0 Å². The lowest BCUT2D eigenvalue weighted by atomic mass is 10.2. The highest BCUT2D eigenvalue weighted by molar-refractivity contribution is 7.80. The summed E-state index contributed by atoms with van der Waals surface area (Å²) >= 11 is 6.75. The van der Waals surface area contributed by atoms with Gasteiger partial charge in [-0.3, -0.25) is 0 Å². The zero-order chi connectivity index (χ0) is 13.9. The third kappa shape index (κ3) is 2.55. The summed E-state index contributed by atoms with van der Waals surface area (Å²) in [5.74, 6) is 1.09. The molecule has 2 N–H and O–H groups in total. The molecule has 3 rings (SSSR count). The fraction of sp³-hybridized carbons (Fsp3) is 0.133. The Labute approximate surface area is 126 Å². The molecule has 2 heterocycles. The monoisotopic (exact) mass is 303 g/mol. The minimum absolute atomic E-state index is 0.215. The van der Waals surface area contributed by atoms with Crippen molar-refractivity contribution >= 4 is 39.5 Å². The maximum atomic E-state index is 5.87. The fourth-order valence-electron chi connectivity index (χ4n) is 2.04. The highest BCUT2D eigenvalue weighted by atomic mass is 32.1. The summed E-state index contributed by atoms with van der Waals surface area (Å²) in [6.45, 7) is 0.569. The second kappa shape index (κ2) is 5.64. The molecule has 0 unspecified atom stereocenters. The molecule has 20 heavy (non-hydrogen) atoms. The van der Waals surface area contributed by atoms with E-state index in [9.17, 15) is 0 Å². The summed E-state index contributed by atoms with van der Waals surface area (Å²) in [5.41, 5.74) is 6.44. The van der Waals surface area contributed by atoms with Crippen molar-refractivity contribution < 1.29 is 9.15 Å². The van der Waals surface area contributed by atoms with Gasteiger partial charge >= 0.3 is 0 Å². The Morgan fingerprint density at radius 1 is 1.25 bits per heavy atom. The van der Waals surface area contributed by atoms with Gasteiger partial charge in [0.15, 0.2) is 5.75 Å². The predicted octanol–water partition coefficient (Wildman–Crippen LogP) is 3.75. The first-order valence-electron chi connectivity index (χ1n) is 6.22. The van der Waals surface area contributed by atoms with Crippen molar-refractivity contribution in [2.45, 2.75) is 6.42 Å². The van der Waals surface area contributed by atoms with Crippen LogP contribution < -0.4 is 10.5 Å². The number of rotatable bonds is 5. The number of thiocarbonyl (C=S) groups is 1. The number of benzene rings is 1. The topological polar surface area (TPSA) is 48.4 Å². The standard InChI is InChI=1S/C15H13NO2S2/c16-15(19)14-13(11-5-1-2-6-12(11)18-14)17-8-7-10-4-3-9-20-10/h1-6,9H,7-8H2,(H2,16,19). The van der Waals surface area contributed by atoms with Gasteiger partial charge in [-0.05, 0) is 23.6 Å². The van der Waals surface area contributed by atoms with Gasteiger partial charge < -0.3 is 14.9 Å². The number of nitrogens with two attached hydrogens (primary N) is 1. The van der Waals surface area contributed by atoms with Crippen LogP contribution in [0.2, 0.25) is 0 Å². The molecular formula is C15H13NO2S2. The molecule has 0 saturated heterocycles. The number of fused-ring (bicyclic) bond motifs is 1. The zero-order valence-electron chi connectivity index (χ0n) is 10.7. The average Bonchev–Trinajstić information content (AvgIpc) is 3.07. The number of ether oxygens (including phenoxy) is 1. The van der Waals surface area contributed by atoms with Crippen LogP contribution in [0.3, 0.4) is 0 Å². The largest absolute Gasteiger partial charge is 0.488 e. The van der Waals surface area contributed by atoms with E-state index in [2.05, 4.69) is 11.4 Å². The van der Waals surface area contributed by atoms with E-state index in [-0.39, 0.29) is 4.99 Å². The van der Waals surface area contributed by atoms with Gasteiger partial charge in [0.05, 0.1) is 12.0 Å². The molecule has 1 aromatic carbocycles. The molecule has 0 aliphatic carbocycles. The van der Waals surface area contributed by atoms with Crippen LogP contribution in [0.15, 0.2) is 46.2 Å². The Balaban J connectivity index is 1.85. The quantitative estimate of drug-likeness (QED) is 0.729. The fourth-order valence-corrected chi connectivity index (χ4v) is 2.86. The van der Waals surface area contributed by atoms with Crippen LogP contribution >= 0.6 is 23.6 Å². The number of hydrogen-bond donors (Lipinski definition) is 1. The molecule has 0 saturated carbocycles. The maximum Gasteiger partial charge on any atom is 0.204 e. The van der Waals surface area contributed by atoms with Crippen LogP contribution in [0.1, 0.15) is 10.6 Å². The first-order valence-corrected chi connectivity index (χ1v) is 7.51. The van der Waals surface area contributed by atoms with E-state index in [4.69, 9.17) is 27.1 Å². The smallest absolute Gasteiger partial charge is 0.204 e. The molecule has 2 aromatic heterocycles. The van der Waals surface area contributed by atoms with E-state index < -0.39 is 0 Å². The minimum atomic E-state index is 0.215. The van der Waals surface area contributed by atoms with Gasteiger partial charge in [0.1, 0.15) is 10.6 Å². The summed E-state index contributed by atoms with van der Waals surface area (Å²) < 4.78 is 11.5. The summed E-state index contributed by atoms with van der Waals surface area (Å²) in [5, 5.41) is 2.96. The molecule has 3 aromatic rings. The van der Waals surface area contributed by atoms with Crippen LogP contribution in [0.4, 0.5) is 0 Å². The first kappa shape index (κ1) is 13.1. The van der Waals surface area contributed by atoms with Crippen molar-refractivity contribution in [3.8, 4) is 5.75 Å². The number of furan rings is 1. The highest BCUT2D eigenvalue weighted by Gasteiger charge is 2.17.